The molecule has 0 bridgehead atoms. The first kappa shape index (κ1) is 26.3. The zero-order valence-electron chi connectivity index (χ0n) is 22.8. The van der Waals surface area contributed by atoms with Gasteiger partial charge in [-0.2, -0.15) is 0 Å². The fourth-order valence-electron chi connectivity index (χ4n) is 6.26. The number of nitrogens with one attached hydrogen (secondary N) is 1. The van der Waals surface area contributed by atoms with Crippen LogP contribution in [0.15, 0.2) is 42.5 Å². The highest BCUT2D eigenvalue weighted by Gasteiger charge is 2.43. The van der Waals surface area contributed by atoms with Crippen molar-refractivity contribution in [2.75, 3.05) is 19.7 Å². The summed E-state index contributed by atoms with van der Waals surface area (Å²) >= 11 is 7.84. The first-order chi connectivity index (χ1) is 19.4. The van der Waals surface area contributed by atoms with Crippen LogP contribution in [-0.2, 0) is 30.0 Å². The maximum Gasteiger partial charge on any atom is 0.278 e. The maximum absolute atomic E-state index is 14.8. The molecule has 0 saturated carbocycles. The van der Waals surface area contributed by atoms with Gasteiger partial charge in [-0.25, -0.2) is 13.9 Å². The van der Waals surface area contributed by atoms with Gasteiger partial charge in [0.05, 0.1) is 11.7 Å². The number of aryl methyl sites for hydroxylation is 1. The lowest BCUT2D eigenvalue weighted by atomic mass is 9.88. The monoisotopic (exact) mass is 582 g/mol. The Kier molecular flexibility index (Phi) is 6.77. The van der Waals surface area contributed by atoms with Crippen LogP contribution in [0.4, 0.5) is 4.39 Å². The van der Waals surface area contributed by atoms with E-state index in [0.29, 0.717) is 28.4 Å². The summed E-state index contributed by atoms with van der Waals surface area (Å²) in [5, 5.41) is 0.347. The van der Waals surface area contributed by atoms with E-state index >= 15 is 0 Å². The highest BCUT2D eigenvalue weighted by molar-refractivity contribution is 7.18. The third-order valence-corrected chi connectivity index (χ3v) is 10.0. The van der Waals surface area contributed by atoms with Crippen molar-refractivity contribution in [3.05, 3.63) is 75.1 Å². The van der Waals surface area contributed by atoms with E-state index in [0.717, 1.165) is 69.8 Å². The molecule has 3 aliphatic heterocycles. The van der Waals surface area contributed by atoms with Crippen molar-refractivity contribution < 1.29 is 23.2 Å². The summed E-state index contributed by atoms with van der Waals surface area (Å²) in [7, 11) is 0. The van der Waals surface area contributed by atoms with Crippen LogP contribution in [0.2, 0.25) is 5.02 Å². The molecule has 2 saturated heterocycles. The normalized spacial score (nSPS) is 23.1. The number of para-hydroxylation sites is 1. The number of hydrogen-bond donors (Lipinski definition) is 1. The molecule has 2 fully saturated rings. The van der Waals surface area contributed by atoms with Gasteiger partial charge in [0.2, 0.25) is 4.83 Å². The fraction of sp³-hybridized carbons (Fsp3) is 0.452. The molecular weight excluding hydrogens is 549 g/mol. The van der Waals surface area contributed by atoms with Crippen LogP contribution in [0.5, 0.6) is 11.5 Å². The van der Waals surface area contributed by atoms with E-state index in [1.165, 1.54) is 27.1 Å². The number of thiophene rings is 1. The van der Waals surface area contributed by atoms with E-state index < -0.39 is 11.6 Å². The molecule has 0 amide bonds. The lowest BCUT2D eigenvalue weighted by Gasteiger charge is -2.32. The Bertz CT molecular complexity index is 1560. The van der Waals surface area contributed by atoms with Crippen molar-refractivity contribution in [2.45, 2.75) is 70.4 Å². The number of aromatic nitrogens is 2. The second-order valence-electron chi connectivity index (χ2n) is 11.2. The van der Waals surface area contributed by atoms with Crippen molar-refractivity contribution in [3.63, 3.8) is 0 Å². The van der Waals surface area contributed by atoms with E-state index in [-0.39, 0.29) is 0 Å². The molecule has 0 spiro atoms. The predicted octanol–water partition coefficient (Wildman–Crippen LogP) is 6.68. The number of rotatable bonds is 7. The predicted molar refractivity (Wildman–Crippen MR) is 154 cm³/mol. The Morgan fingerprint density at radius 2 is 1.98 bits per heavy atom. The Hall–Kier alpha value is -2.65. The number of benzene rings is 2. The molecule has 4 aromatic rings. The van der Waals surface area contributed by atoms with Gasteiger partial charge < -0.3 is 14.2 Å². The summed E-state index contributed by atoms with van der Waals surface area (Å²) in [6, 6.07) is 13.0. The Morgan fingerprint density at radius 1 is 1.15 bits per heavy atom. The number of H-pyrrole nitrogens is 1. The third kappa shape index (κ3) is 4.69. The Morgan fingerprint density at radius 3 is 2.70 bits per heavy atom. The number of ether oxygens (including phenoxy) is 3. The fourth-order valence-corrected chi connectivity index (χ4v) is 7.43. The highest BCUT2D eigenvalue weighted by Crippen LogP contribution is 2.49. The average molecular weight is 583 g/mol. The van der Waals surface area contributed by atoms with E-state index in [2.05, 4.69) is 33.5 Å². The van der Waals surface area contributed by atoms with Crippen LogP contribution < -0.4 is 14.0 Å². The van der Waals surface area contributed by atoms with Gasteiger partial charge in [-0.1, -0.05) is 42.0 Å². The van der Waals surface area contributed by atoms with Crippen LogP contribution in [0, 0.1) is 5.82 Å². The molecule has 2 aromatic carbocycles. The van der Waals surface area contributed by atoms with E-state index in [9.17, 15) is 4.39 Å². The lowest BCUT2D eigenvalue weighted by Crippen LogP contribution is -2.48. The molecule has 5 heterocycles. The number of likely N-dealkylation sites (tertiary alicyclic amines) is 1. The van der Waals surface area contributed by atoms with Crippen molar-refractivity contribution in [2.24, 2.45) is 0 Å². The van der Waals surface area contributed by atoms with Gasteiger partial charge in [0.1, 0.15) is 18.9 Å². The molecule has 6 nitrogen and oxygen atoms in total. The molecule has 0 unspecified atom stereocenters. The van der Waals surface area contributed by atoms with Crippen molar-refractivity contribution >= 4 is 33.3 Å². The van der Waals surface area contributed by atoms with E-state index in [1.807, 2.05) is 23.5 Å². The van der Waals surface area contributed by atoms with Crippen LogP contribution in [-0.4, -0.2) is 35.7 Å². The molecular formula is C31H34ClFN3O3S+. The number of fused-ring (bicyclic) bond motifs is 2. The zero-order chi connectivity index (χ0) is 27.4. The van der Waals surface area contributed by atoms with Crippen LogP contribution >= 0.6 is 22.9 Å². The molecule has 1 N–H and O–H groups in total. The minimum absolute atomic E-state index is 0.313. The molecule has 0 radical (unpaired) electrons. The van der Waals surface area contributed by atoms with Crippen molar-refractivity contribution in [1.29, 1.82) is 0 Å². The van der Waals surface area contributed by atoms with Gasteiger partial charge in [-0.3, -0.25) is 4.90 Å². The average Bonchev–Trinajstić information content (AvgIpc) is 3.57. The molecule has 7 rings (SSSR count). The standard InChI is InChI=1S/C31H33ClFN3O3S/c1-3-22-16-26-30(40-22)34-28(36(26)17-21-11-14-37-21)18-35-12-9-19(10-13-35)23-5-4-6-27-29(23)39-31(2,38-27)24-8-7-20(32)15-25(24)33/h4-8,15-16,19,21H,3,9-14,17-18H2,1-2H3/p+1/t21-,31+/m0/s1. The Labute approximate surface area is 242 Å². The molecule has 2 aromatic heterocycles. The number of piperidine rings is 1. The van der Waals surface area contributed by atoms with E-state index in [1.54, 1.807) is 19.1 Å². The van der Waals surface area contributed by atoms with Crippen molar-refractivity contribution in [1.82, 2.24) is 9.88 Å². The summed E-state index contributed by atoms with van der Waals surface area (Å²) in [5.41, 5.74) is 2.78. The molecule has 3 aliphatic rings. The number of nitrogens with zero attached hydrogens (tertiary/aromatic N) is 2. The number of hydrogen-bond acceptors (Lipinski definition) is 5. The maximum atomic E-state index is 14.8. The van der Waals surface area contributed by atoms with Crippen LogP contribution in [0.3, 0.4) is 0 Å². The molecule has 2 atom stereocenters. The summed E-state index contributed by atoms with van der Waals surface area (Å²) < 4.78 is 35.6. The topological polar surface area (TPSA) is 50.6 Å². The lowest BCUT2D eigenvalue weighted by molar-refractivity contribution is -0.690. The number of imidazole rings is 1. The number of halogens is 2. The Balaban J connectivity index is 1.06. The largest absolute Gasteiger partial charge is 0.444 e. The van der Waals surface area contributed by atoms with Crippen LogP contribution in [0.1, 0.15) is 60.9 Å². The van der Waals surface area contributed by atoms with Gasteiger partial charge in [-0.05, 0) is 62.5 Å². The van der Waals surface area contributed by atoms with Gasteiger partial charge >= 0.3 is 0 Å². The first-order valence-electron chi connectivity index (χ1n) is 14.2. The quantitative estimate of drug-likeness (QED) is 0.247. The smallest absolute Gasteiger partial charge is 0.278 e. The second-order valence-corrected chi connectivity index (χ2v) is 12.8. The van der Waals surface area contributed by atoms with Gasteiger partial charge in [0.25, 0.3) is 11.6 Å². The van der Waals surface area contributed by atoms with Gasteiger partial charge in [0, 0.05) is 41.5 Å². The van der Waals surface area contributed by atoms with Gasteiger partial charge in [-0.15, -0.1) is 0 Å². The molecule has 9 heteroatoms. The zero-order valence-corrected chi connectivity index (χ0v) is 24.4. The summed E-state index contributed by atoms with van der Waals surface area (Å²) in [4.78, 5) is 8.95. The van der Waals surface area contributed by atoms with E-state index in [4.69, 9.17) is 25.8 Å². The van der Waals surface area contributed by atoms with Crippen molar-refractivity contribution in [3.8, 4) is 11.5 Å². The SMILES string of the molecule is CCc1cc2c([nH]c(CN3CCC(c4cccc5c4O[C@](C)(c4ccc(Cl)cc4F)O5)CC3)[n+]2C[C@@H]2CCO2)s1. The highest BCUT2D eigenvalue weighted by atomic mass is 35.5. The minimum Gasteiger partial charge on any atom is -0.444 e. The summed E-state index contributed by atoms with van der Waals surface area (Å²) in [6.07, 6.45) is 4.54. The van der Waals surface area contributed by atoms with Gasteiger partial charge in [0.15, 0.2) is 17.0 Å². The number of aromatic amines is 1. The molecule has 40 heavy (non-hydrogen) atoms. The third-order valence-electron chi connectivity index (χ3n) is 8.60. The van der Waals surface area contributed by atoms with Crippen LogP contribution in [0.25, 0.3) is 10.3 Å². The summed E-state index contributed by atoms with van der Waals surface area (Å²) in [5.74, 6) is 1.33. The molecule has 0 aliphatic carbocycles. The first-order valence-corrected chi connectivity index (χ1v) is 15.4. The minimum atomic E-state index is -1.23. The molecule has 210 valence electrons. The summed E-state index contributed by atoms with van der Waals surface area (Å²) in [6.45, 7) is 8.63. The second kappa shape index (κ2) is 10.3.